The van der Waals surface area contributed by atoms with E-state index < -0.39 is 17.2 Å². The second-order valence-electron chi connectivity index (χ2n) is 4.81. The summed E-state index contributed by atoms with van der Waals surface area (Å²) in [6.07, 6.45) is 1.19. The van der Waals surface area contributed by atoms with Crippen LogP contribution in [0, 0.1) is 17.6 Å². The average Bonchev–Trinajstić information content (AvgIpc) is 2.19. The number of hydrogen-bond donors (Lipinski definition) is 1. The van der Waals surface area contributed by atoms with Gasteiger partial charge >= 0.3 is 0 Å². The Labute approximate surface area is 95.1 Å². The van der Waals surface area contributed by atoms with Crippen LogP contribution in [0.1, 0.15) is 39.2 Å². The van der Waals surface area contributed by atoms with Crippen LogP contribution in [-0.2, 0) is 5.60 Å². The van der Waals surface area contributed by atoms with E-state index in [-0.39, 0.29) is 5.56 Å². The molecule has 0 bridgehead atoms. The number of hydrogen-bond acceptors (Lipinski definition) is 1. The molecule has 1 aromatic carbocycles. The Morgan fingerprint density at radius 3 is 2.50 bits per heavy atom. The second kappa shape index (κ2) is 4.91. The molecule has 0 amide bonds. The minimum Gasteiger partial charge on any atom is -0.385 e. The van der Waals surface area contributed by atoms with Crippen molar-refractivity contribution in [1.29, 1.82) is 0 Å². The molecule has 16 heavy (non-hydrogen) atoms. The van der Waals surface area contributed by atoms with Crippen molar-refractivity contribution in [3.05, 3.63) is 35.4 Å². The molecule has 0 aliphatic heterocycles. The fourth-order valence-electron chi connectivity index (χ4n) is 1.62. The molecule has 1 unspecified atom stereocenters. The molecule has 0 spiro atoms. The molecule has 1 N–H and O–H groups in total. The van der Waals surface area contributed by atoms with Crippen LogP contribution >= 0.6 is 0 Å². The molecule has 1 aromatic rings. The van der Waals surface area contributed by atoms with Gasteiger partial charge in [0.05, 0.1) is 5.60 Å². The highest BCUT2D eigenvalue weighted by Crippen LogP contribution is 2.30. The summed E-state index contributed by atoms with van der Waals surface area (Å²) in [6, 6.07) is 3.90. The highest BCUT2D eigenvalue weighted by atomic mass is 19.2. The largest absolute Gasteiger partial charge is 0.385 e. The third kappa shape index (κ3) is 3.01. The number of rotatable bonds is 4. The highest BCUT2D eigenvalue weighted by molar-refractivity contribution is 5.24. The fraction of sp³-hybridized carbons (Fsp3) is 0.538. The molecule has 0 fully saturated rings. The van der Waals surface area contributed by atoms with E-state index >= 15 is 0 Å². The second-order valence-corrected chi connectivity index (χ2v) is 4.81. The molecule has 0 aliphatic rings. The molecule has 0 saturated heterocycles. The third-order valence-corrected chi connectivity index (χ3v) is 2.74. The Balaban J connectivity index is 2.93. The molecule has 0 heterocycles. The molecule has 3 heteroatoms. The Morgan fingerprint density at radius 2 is 1.94 bits per heavy atom. The van der Waals surface area contributed by atoms with Gasteiger partial charge in [-0.2, -0.15) is 0 Å². The van der Waals surface area contributed by atoms with Gasteiger partial charge in [0.15, 0.2) is 11.6 Å². The summed E-state index contributed by atoms with van der Waals surface area (Å²) in [6.45, 7) is 5.57. The summed E-state index contributed by atoms with van der Waals surface area (Å²) in [7, 11) is 0. The van der Waals surface area contributed by atoms with Crippen LogP contribution in [0.15, 0.2) is 18.2 Å². The SMILES string of the molecule is CC(C)CCC(C)(O)c1cccc(F)c1F. The normalized spacial score (nSPS) is 15.2. The van der Waals surface area contributed by atoms with Crippen molar-refractivity contribution < 1.29 is 13.9 Å². The van der Waals surface area contributed by atoms with E-state index in [0.29, 0.717) is 12.3 Å². The summed E-state index contributed by atoms with van der Waals surface area (Å²) in [4.78, 5) is 0. The first kappa shape index (κ1) is 13.1. The van der Waals surface area contributed by atoms with Gasteiger partial charge in [-0.25, -0.2) is 8.78 Å². The van der Waals surface area contributed by atoms with Crippen molar-refractivity contribution in [2.24, 2.45) is 5.92 Å². The minimum atomic E-state index is -1.31. The van der Waals surface area contributed by atoms with Crippen LogP contribution in [0.4, 0.5) is 8.78 Å². The molecule has 1 nitrogen and oxygen atoms in total. The quantitative estimate of drug-likeness (QED) is 0.834. The lowest BCUT2D eigenvalue weighted by Gasteiger charge is -2.25. The summed E-state index contributed by atoms with van der Waals surface area (Å²) < 4.78 is 26.5. The predicted octanol–water partition coefficient (Wildman–Crippen LogP) is 3.61. The Morgan fingerprint density at radius 1 is 1.31 bits per heavy atom. The van der Waals surface area contributed by atoms with E-state index in [1.807, 2.05) is 13.8 Å². The number of halogens is 2. The Kier molecular flexibility index (Phi) is 4.03. The Bertz CT molecular complexity index is 359. The lowest BCUT2D eigenvalue weighted by atomic mass is 9.88. The molecule has 0 radical (unpaired) electrons. The third-order valence-electron chi connectivity index (χ3n) is 2.74. The van der Waals surface area contributed by atoms with Crippen LogP contribution in [0.25, 0.3) is 0 Å². The Hall–Kier alpha value is -0.960. The van der Waals surface area contributed by atoms with Crippen molar-refractivity contribution in [1.82, 2.24) is 0 Å². The average molecular weight is 228 g/mol. The summed E-state index contributed by atoms with van der Waals surface area (Å²) in [5, 5.41) is 10.1. The summed E-state index contributed by atoms with van der Waals surface area (Å²) in [5.74, 6) is -1.44. The standard InChI is InChI=1S/C13H18F2O/c1-9(2)7-8-13(3,16)10-5-4-6-11(14)12(10)15/h4-6,9,16H,7-8H2,1-3H3. The van der Waals surface area contributed by atoms with Gasteiger partial charge in [0, 0.05) is 5.56 Å². The minimum absolute atomic E-state index is 0.0353. The van der Waals surface area contributed by atoms with Crippen LogP contribution < -0.4 is 0 Å². The van der Waals surface area contributed by atoms with E-state index in [1.54, 1.807) is 0 Å². The maximum atomic E-state index is 13.5. The van der Waals surface area contributed by atoms with Crippen LogP contribution in [0.5, 0.6) is 0 Å². The van der Waals surface area contributed by atoms with Crippen LogP contribution in [0.2, 0.25) is 0 Å². The number of benzene rings is 1. The molecule has 1 rings (SSSR count). The molecule has 0 saturated carbocycles. The summed E-state index contributed by atoms with van der Waals surface area (Å²) >= 11 is 0. The number of aliphatic hydroxyl groups is 1. The highest BCUT2D eigenvalue weighted by Gasteiger charge is 2.27. The van der Waals surface area contributed by atoms with Gasteiger partial charge in [0.1, 0.15) is 0 Å². The van der Waals surface area contributed by atoms with Gasteiger partial charge in [-0.3, -0.25) is 0 Å². The zero-order chi connectivity index (χ0) is 12.3. The molecule has 1 atom stereocenters. The maximum Gasteiger partial charge on any atom is 0.164 e. The van der Waals surface area contributed by atoms with Crippen molar-refractivity contribution in [3.8, 4) is 0 Å². The summed E-state index contributed by atoms with van der Waals surface area (Å²) in [5.41, 5.74) is -1.27. The molecule has 0 aliphatic carbocycles. The van der Waals surface area contributed by atoms with E-state index in [0.717, 1.165) is 12.5 Å². The smallest absolute Gasteiger partial charge is 0.164 e. The molecular formula is C13H18F2O. The lowest BCUT2D eigenvalue weighted by Crippen LogP contribution is -2.23. The monoisotopic (exact) mass is 228 g/mol. The molecular weight excluding hydrogens is 210 g/mol. The van der Waals surface area contributed by atoms with Crippen molar-refractivity contribution in [3.63, 3.8) is 0 Å². The van der Waals surface area contributed by atoms with Gasteiger partial charge in [-0.05, 0) is 31.7 Å². The van der Waals surface area contributed by atoms with E-state index in [9.17, 15) is 13.9 Å². The van der Waals surface area contributed by atoms with E-state index in [4.69, 9.17) is 0 Å². The van der Waals surface area contributed by atoms with Crippen LogP contribution in [0.3, 0.4) is 0 Å². The van der Waals surface area contributed by atoms with E-state index in [1.165, 1.54) is 19.1 Å². The van der Waals surface area contributed by atoms with Gasteiger partial charge in [-0.1, -0.05) is 26.0 Å². The fourth-order valence-corrected chi connectivity index (χ4v) is 1.62. The predicted molar refractivity (Wildman–Crippen MR) is 60.0 cm³/mol. The zero-order valence-electron chi connectivity index (χ0n) is 9.93. The lowest BCUT2D eigenvalue weighted by molar-refractivity contribution is 0.0377. The van der Waals surface area contributed by atoms with E-state index in [2.05, 4.69) is 0 Å². The maximum absolute atomic E-state index is 13.5. The van der Waals surface area contributed by atoms with Crippen LogP contribution in [-0.4, -0.2) is 5.11 Å². The first-order valence-electron chi connectivity index (χ1n) is 5.51. The van der Waals surface area contributed by atoms with Crippen molar-refractivity contribution in [2.75, 3.05) is 0 Å². The molecule has 90 valence electrons. The van der Waals surface area contributed by atoms with Gasteiger partial charge in [-0.15, -0.1) is 0 Å². The topological polar surface area (TPSA) is 20.2 Å². The van der Waals surface area contributed by atoms with Crippen molar-refractivity contribution in [2.45, 2.75) is 39.2 Å². The van der Waals surface area contributed by atoms with Gasteiger partial charge in [0.25, 0.3) is 0 Å². The van der Waals surface area contributed by atoms with Gasteiger partial charge in [0.2, 0.25) is 0 Å². The van der Waals surface area contributed by atoms with Gasteiger partial charge < -0.3 is 5.11 Å². The first-order valence-corrected chi connectivity index (χ1v) is 5.51. The first-order chi connectivity index (χ1) is 7.34. The van der Waals surface area contributed by atoms with Crippen molar-refractivity contribution >= 4 is 0 Å². The zero-order valence-corrected chi connectivity index (χ0v) is 9.93. The molecule has 0 aromatic heterocycles.